The van der Waals surface area contributed by atoms with E-state index in [1.165, 1.54) is 16.8 Å². The number of aryl methyl sites for hydroxylation is 1. The van der Waals surface area contributed by atoms with Gasteiger partial charge in [0.25, 0.3) is 0 Å². The molecule has 0 atom stereocenters. The van der Waals surface area contributed by atoms with Crippen molar-refractivity contribution >= 4 is 0 Å². The van der Waals surface area contributed by atoms with Crippen molar-refractivity contribution < 1.29 is 4.57 Å². The summed E-state index contributed by atoms with van der Waals surface area (Å²) in [5.74, 6) is 0. The fourth-order valence-electron chi connectivity index (χ4n) is 3.24. The van der Waals surface area contributed by atoms with Crippen molar-refractivity contribution in [3.63, 3.8) is 0 Å². The summed E-state index contributed by atoms with van der Waals surface area (Å²) in [5, 5.41) is 0. The molecule has 0 saturated carbocycles. The molecule has 3 nitrogen and oxygen atoms in total. The molecule has 2 aromatic carbocycles. The van der Waals surface area contributed by atoms with Crippen molar-refractivity contribution in [3.8, 4) is 11.3 Å². The summed E-state index contributed by atoms with van der Waals surface area (Å²) in [6, 6.07) is 25.3. The van der Waals surface area contributed by atoms with Crippen LogP contribution in [0.2, 0.25) is 0 Å². The minimum atomic E-state index is 0.867. The van der Waals surface area contributed by atoms with E-state index in [0.29, 0.717) is 0 Å². The Balaban J connectivity index is 1.54. The van der Waals surface area contributed by atoms with E-state index in [-0.39, 0.29) is 0 Å². The van der Waals surface area contributed by atoms with Crippen LogP contribution in [0, 0.1) is 0 Å². The van der Waals surface area contributed by atoms with Crippen LogP contribution in [-0.2, 0) is 20.0 Å². The molecule has 0 unspecified atom stereocenters. The number of benzene rings is 2. The van der Waals surface area contributed by atoms with Gasteiger partial charge < -0.3 is 0 Å². The molecule has 0 aliphatic carbocycles. The first-order valence-electron chi connectivity index (χ1n) is 8.86. The second-order valence-corrected chi connectivity index (χ2v) is 6.60. The van der Waals surface area contributed by atoms with E-state index in [4.69, 9.17) is 0 Å². The highest BCUT2D eigenvalue weighted by molar-refractivity contribution is 5.59. The van der Waals surface area contributed by atoms with Gasteiger partial charge in [-0.3, -0.25) is 4.98 Å². The Hall–Kier alpha value is -3.20. The normalized spacial score (nSPS) is 10.8. The van der Waals surface area contributed by atoms with Gasteiger partial charge in [-0.1, -0.05) is 60.7 Å². The number of hydrogen-bond acceptors (Lipinski definition) is 1. The van der Waals surface area contributed by atoms with Crippen LogP contribution in [-0.4, -0.2) is 9.55 Å². The lowest BCUT2D eigenvalue weighted by molar-refractivity contribution is -0.671. The molecule has 2 aromatic heterocycles. The van der Waals surface area contributed by atoms with Crippen LogP contribution in [0.5, 0.6) is 0 Å². The third kappa shape index (κ3) is 3.72. The number of imidazole rings is 1. The molecule has 3 heteroatoms. The molecule has 0 saturated heterocycles. The Bertz CT molecular complexity index is 971. The molecule has 4 rings (SSSR count). The van der Waals surface area contributed by atoms with E-state index >= 15 is 0 Å². The number of hydrogen-bond donors (Lipinski definition) is 0. The molecule has 0 aliphatic heterocycles. The average Bonchev–Trinajstić information content (AvgIpc) is 3.02. The lowest BCUT2D eigenvalue weighted by Crippen LogP contribution is -2.23. The topological polar surface area (TPSA) is 21.7 Å². The first-order valence-corrected chi connectivity index (χ1v) is 8.86. The van der Waals surface area contributed by atoms with Gasteiger partial charge in [-0.05, 0) is 23.3 Å². The monoisotopic (exact) mass is 340 g/mol. The van der Waals surface area contributed by atoms with Crippen molar-refractivity contribution in [3.05, 3.63) is 108 Å². The zero-order valence-electron chi connectivity index (χ0n) is 14.9. The Labute approximate surface area is 154 Å². The SMILES string of the molecule is C[n+]1cc(Cc2ccccc2)n(Cc2ccc(-c3ccccn3)cc2)c1. The van der Waals surface area contributed by atoms with Gasteiger partial charge in [0.2, 0.25) is 6.33 Å². The van der Waals surface area contributed by atoms with Crippen molar-refractivity contribution in [1.29, 1.82) is 0 Å². The second-order valence-electron chi connectivity index (χ2n) is 6.60. The van der Waals surface area contributed by atoms with E-state index in [0.717, 1.165) is 24.2 Å². The summed E-state index contributed by atoms with van der Waals surface area (Å²) < 4.78 is 4.45. The Morgan fingerprint density at radius 3 is 2.35 bits per heavy atom. The second kappa shape index (κ2) is 7.36. The van der Waals surface area contributed by atoms with E-state index in [1.807, 2.05) is 24.4 Å². The molecule has 0 radical (unpaired) electrons. The van der Waals surface area contributed by atoms with Gasteiger partial charge in [0.1, 0.15) is 18.4 Å². The molecule has 0 N–H and O–H groups in total. The van der Waals surface area contributed by atoms with Gasteiger partial charge in [0.05, 0.1) is 12.7 Å². The fraction of sp³-hybridized carbons (Fsp3) is 0.130. The lowest BCUT2D eigenvalue weighted by Gasteiger charge is -2.05. The summed E-state index contributed by atoms with van der Waals surface area (Å²) in [6.07, 6.45) is 7.13. The Morgan fingerprint density at radius 2 is 1.62 bits per heavy atom. The number of rotatable bonds is 5. The smallest absolute Gasteiger partial charge is 0.244 e. The maximum Gasteiger partial charge on any atom is 0.244 e. The lowest BCUT2D eigenvalue weighted by atomic mass is 10.1. The van der Waals surface area contributed by atoms with Crippen molar-refractivity contribution in [2.45, 2.75) is 13.0 Å². The maximum absolute atomic E-state index is 4.42. The first kappa shape index (κ1) is 16.3. The van der Waals surface area contributed by atoms with Crippen LogP contribution in [0.15, 0.2) is 91.5 Å². The highest BCUT2D eigenvalue weighted by Crippen LogP contribution is 2.18. The molecule has 0 aliphatic rings. The molecular weight excluding hydrogens is 318 g/mol. The Kier molecular flexibility index (Phi) is 4.61. The van der Waals surface area contributed by atoms with Gasteiger partial charge in [-0.15, -0.1) is 0 Å². The summed E-state index contributed by atoms with van der Waals surface area (Å²) in [6.45, 7) is 0.867. The Morgan fingerprint density at radius 1 is 0.846 bits per heavy atom. The molecule has 128 valence electrons. The molecular formula is C23H22N3+. The van der Waals surface area contributed by atoms with Gasteiger partial charge >= 0.3 is 0 Å². The largest absolute Gasteiger partial charge is 0.256 e. The molecule has 0 fully saturated rings. The van der Waals surface area contributed by atoms with Gasteiger partial charge in [-0.2, -0.15) is 0 Å². The highest BCUT2D eigenvalue weighted by Gasteiger charge is 2.13. The summed E-state index contributed by atoms with van der Waals surface area (Å²) in [4.78, 5) is 4.42. The first-order chi connectivity index (χ1) is 12.8. The van der Waals surface area contributed by atoms with E-state index < -0.39 is 0 Å². The average molecular weight is 340 g/mol. The zero-order valence-corrected chi connectivity index (χ0v) is 14.9. The number of aromatic nitrogens is 3. The van der Waals surface area contributed by atoms with Gasteiger partial charge in [0, 0.05) is 18.2 Å². The number of nitrogens with zero attached hydrogens (tertiary/aromatic N) is 3. The summed E-state index contributed by atoms with van der Waals surface area (Å²) in [5.41, 5.74) is 6.09. The minimum Gasteiger partial charge on any atom is -0.256 e. The number of pyridine rings is 1. The van der Waals surface area contributed by atoms with Crippen LogP contribution < -0.4 is 4.57 Å². The van der Waals surface area contributed by atoms with Crippen LogP contribution in [0.25, 0.3) is 11.3 Å². The predicted octanol–water partition coefficient (Wildman–Crippen LogP) is 4.01. The van der Waals surface area contributed by atoms with Crippen LogP contribution >= 0.6 is 0 Å². The van der Waals surface area contributed by atoms with Crippen LogP contribution in [0.4, 0.5) is 0 Å². The standard InChI is InChI=1S/C23H22N3/c1-25-17-22(15-19-7-3-2-4-8-19)26(18-25)16-20-10-12-21(13-11-20)23-9-5-6-14-24-23/h2-14,17-18H,15-16H2,1H3/q+1. The van der Waals surface area contributed by atoms with Gasteiger partial charge in [-0.25, -0.2) is 9.13 Å². The molecule has 0 bridgehead atoms. The minimum absolute atomic E-state index is 0.867. The van der Waals surface area contributed by atoms with Crippen molar-refractivity contribution in [2.24, 2.45) is 7.05 Å². The maximum atomic E-state index is 4.42. The van der Waals surface area contributed by atoms with Gasteiger partial charge in [0.15, 0.2) is 0 Å². The van der Waals surface area contributed by atoms with Crippen molar-refractivity contribution in [1.82, 2.24) is 9.55 Å². The van der Waals surface area contributed by atoms with E-state index in [2.05, 4.69) is 88.3 Å². The van der Waals surface area contributed by atoms with E-state index in [1.54, 1.807) is 0 Å². The molecule has 0 amide bonds. The zero-order chi connectivity index (χ0) is 17.8. The van der Waals surface area contributed by atoms with Crippen LogP contribution in [0.1, 0.15) is 16.8 Å². The van der Waals surface area contributed by atoms with Crippen LogP contribution in [0.3, 0.4) is 0 Å². The predicted molar refractivity (Wildman–Crippen MR) is 104 cm³/mol. The summed E-state index contributed by atoms with van der Waals surface area (Å²) in [7, 11) is 2.08. The van der Waals surface area contributed by atoms with Crippen molar-refractivity contribution in [2.75, 3.05) is 0 Å². The molecule has 2 heterocycles. The molecule has 26 heavy (non-hydrogen) atoms. The molecule has 4 aromatic rings. The summed E-state index contributed by atoms with van der Waals surface area (Å²) >= 11 is 0. The molecule has 0 spiro atoms. The van der Waals surface area contributed by atoms with E-state index in [9.17, 15) is 0 Å². The third-order valence-corrected chi connectivity index (χ3v) is 4.54. The third-order valence-electron chi connectivity index (χ3n) is 4.54. The fourth-order valence-corrected chi connectivity index (χ4v) is 3.24. The highest BCUT2D eigenvalue weighted by atomic mass is 15.1. The quantitative estimate of drug-likeness (QED) is 0.503.